The van der Waals surface area contributed by atoms with Gasteiger partial charge in [-0.15, -0.1) is 0 Å². The lowest BCUT2D eigenvalue weighted by atomic mass is 10.1. The molecule has 0 aliphatic carbocycles. The second-order valence-corrected chi connectivity index (χ2v) is 4.37. The van der Waals surface area contributed by atoms with Gasteiger partial charge in [0.15, 0.2) is 5.82 Å². The molecule has 0 atom stereocenters. The molecular weight excluding hydrogens is 221 g/mol. The van der Waals surface area contributed by atoms with Crippen molar-refractivity contribution in [1.29, 1.82) is 0 Å². The number of hydrogen-bond donors (Lipinski definition) is 0. The van der Waals surface area contributed by atoms with E-state index in [1.54, 1.807) is 20.8 Å². The topological polar surface area (TPSA) is 36.0 Å². The smallest absolute Gasteiger partial charge is 0.236 e. The number of anilines is 1. The summed E-state index contributed by atoms with van der Waals surface area (Å²) < 4.78 is 36.7. The van der Waals surface area contributed by atoms with Gasteiger partial charge in [0.2, 0.25) is 0 Å². The van der Waals surface area contributed by atoms with Gasteiger partial charge in [0.1, 0.15) is 0 Å². The zero-order valence-electron chi connectivity index (χ0n) is 9.17. The Labute approximate surface area is 91.5 Å². The standard InChI is InChI=1S/C10H12F3N2O/c1-9(2,3)15(16)8-5-4-7(6-14-8)10(11,12)13/h4-6H,1-3H3. The molecule has 1 rings (SSSR count). The number of nitrogens with zero attached hydrogens (tertiary/aromatic N) is 2. The molecule has 0 aliphatic rings. The summed E-state index contributed by atoms with van der Waals surface area (Å²) in [6.45, 7) is 4.96. The van der Waals surface area contributed by atoms with Gasteiger partial charge in [0.25, 0.3) is 0 Å². The molecule has 0 saturated carbocycles. The molecule has 0 spiro atoms. The van der Waals surface area contributed by atoms with Crippen LogP contribution in [0.2, 0.25) is 0 Å². The first-order chi connectivity index (χ1) is 7.12. The minimum Gasteiger partial charge on any atom is -0.236 e. The third kappa shape index (κ3) is 2.85. The van der Waals surface area contributed by atoms with E-state index in [2.05, 4.69) is 4.98 Å². The van der Waals surface area contributed by atoms with Gasteiger partial charge in [-0.3, -0.25) is 0 Å². The Hall–Kier alpha value is -1.30. The van der Waals surface area contributed by atoms with Crippen molar-refractivity contribution in [3.63, 3.8) is 0 Å². The van der Waals surface area contributed by atoms with E-state index in [-0.39, 0.29) is 5.82 Å². The first kappa shape index (κ1) is 12.8. The lowest BCUT2D eigenvalue weighted by Crippen LogP contribution is -2.38. The SMILES string of the molecule is CC(C)(C)N([O])c1ccc(C(F)(F)F)cn1. The lowest BCUT2D eigenvalue weighted by molar-refractivity contribution is -0.137. The zero-order valence-corrected chi connectivity index (χ0v) is 9.17. The van der Waals surface area contributed by atoms with Crippen molar-refractivity contribution in [3.8, 4) is 0 Å². The highest BCUT2D eigenvalue weighted by Gasteiger charge is 2.31. The van der Waals surface area contributed by atoms with Crippen molar-refractivity contribution in [3.05, 3.63) is 23.9 Å². The number of halogens is 3. The highest BCUT2D eigenvalue weighted by atomic mass is 19.4. The monoisotopic (exact) mass is 233 g/mol. The van der Waals surface area contributed by atoms with Gasteiger partial charge >= 0.3 is 6.18 Å². The molecule has 16 heavy (non-hydrogen) atoms. The molecule has 0 bridgehead atoms. The maximum Gasteiger partial charge on any atom is 0.417 e. The second kappa shape index (κ2) is 3.93. The number of pyridine rings is 1. The van der Waals surface area contributed by atoms with E-state index >= 15 is 0 Å². The maximum absolute atomic E-state index is 12.2. The van der Waals surface area contributed by atoms with Crippen LogP contribution >= 0.6 is 0 Å². The first-order valence-corrected chi connectivity index (χ1v) is 4.63. The Morgan fingerprint density at radius 1 is 1.19 bits per heavy atom. The van der Waals surface area contributed by atoms with Gasteiger partial charge in [-0.05, 0) is 32.9 Å². The van der Waals surface area contributed by atoms with Crippen molar-refractivity contribution >= 4 is 5.82 Å². The van der Waals surface area contributed by atoms with Gasteiger partial charge in [-0.25, -0.2) is 4.98 Å². The van der Waals surface area contributed by atoms with Gasteiger partial charge in [0.05, 0.1) is 11.1 Å². The molecule has 0 saturated heterocycles. The number of alkyl halides is 3. The minimum atomic E-state index is -4.43. The molecule has 0 amide bonds. The van der Waals surface area contributed by atoms with Crippen molar-refractivity contribution in [2.45, 2.75) is 32.5 Å². The fraction of sp³-hybridized carbons (Fsp3) is 0.500. The summed E-state index contributed by atoms with van der Waals surface area (Å²) in [5.74, 6) is -0.0273. The van der Waals surface area contributed by atoms with Crippen LogP contribution in [-0.4, -0.2) is 10.5 Å². The van der Waals surface area contributed by atoms with Crippen molar-refractivity contribution in [2.24, 2.45) is 0 Å². The van der Waals surface area contributed by atoms with Crippen LogP contribution in [0.4, 0.5) is 19.0 Å². The largest absolute Gasteiger partial charge is 0.417 e. The predicted octanol–water partition coefficient (Wildman–Crippen LogP) is 3.05. The fourth-order valence-electron chi connectivity index (χ4n) is 1.02. The second-order valence-electron chi connectivity index (χ2n) is 4.37. The molecule has 0 unspecified atom stereocenters. The zero-order chi connectivity index (χ0) is 12.6. The van der Waals surface area contributed by atoms with E-state index in [9.17, 15) is 18.4 Å². The predicted molar refractivity (Wildman–Crippen MR) is 52.2 cm³/mol. The lowest BCUT2D eigenvalue weighted by Gasteiger charge is -2.27. The molecule has 89 valence electrons. The minimum absolute atomic E-state index is 0.0273. The Morgan fingerprint density at radius 3 is 2.06 bits per heavy atom. The molecule has 0 aliphatic heterocycles. The summed E-state index contributed by atoms with van der Waals surface area (Å²) in [4.78, 5) is 3.50. The van der Waals surface area contributed by atoms with Gasteiger partial charge in [-0.2, -0.15) is 18.2 Å². The first-order valence-electron chi connectivity index (χ1n) is 4.63. The van der Waals surface area contributed by atoms with Gasteiger partial charge in [-0.1, -0.05) is 5.21 Å². The summed E-state index contributed by atoms with van der Waals surface area (Å²) in [5.41, 5.74) is -1.59. The van der Waals surface area contributed by atoms with Crippen LogP contribution in [0.15, 0.2) is 18.3 Å². The van der Waals surface area contributed by atoms with E-state index in [0.717, 1.165) is 12.1 Å². The molecular formula is C10H12F3N2O. The molecule has 1 aromatic heterocycles. The molecule has 0 fully saturated rings. The van der Waals surface area contributed by atoms with E-state index < -0.39 is 17.3 Å². The molecule has 0 N–H and O–H groups in total. The average Bonchev–Trinajstić information content (AvgIpc) is 2.14. The van der Waals surface area contributed by atoms with Crippen molar-refractivity contribution in [1.82, 2.24) is 4.98 Å². The van der Waals surface area contributed by atoms with E-state index in [0.29, 0.717) is 11.3 Å². The molecule has 1 radical (unpaired) electrons. The van der Waals surface area contributed by atoms with Gasteiger partial charge in [0, 0.05) is 6.20 Å². The fourth-order valence-corrected chi connectivity index (χ4v) is 1.02. The number of rotatable bonds is 1. The van der Waals surface area contributed by atoms with Crippen LogP contribution in [0, 0.1) is 0 Å². The molecule has 1 heterocycles. The average molecular weight is 233 g/mol. The van der Waals surface area contributed by atoms with Crippen molar-refractivity contribution < 1.29 is 18.4 Å². The van der Waals surface area contributed by atoms with Crippen LogP contribution in [0.25, 0.3) is 0 Å². The van der Waals surface area contributed by atoms with Crippen LogP contribution in [0.5, 0.6) is 0 Å². The highest BCUT2D eigenvalue weighted by Crippen LogP contribution is 2.30. The van der Waals surface area contributed by atoms with Crippen LogP contribution < -0.4 is 5.06 Å². The molecule has 6 heteroatoms. The van der Waals surface area contributed by atoms with Crippen LogP contribution in [0.3, 0.4) is 0 Å². The summed E-state index contributed by atoms with van der Waals surface area (Å²) in [7, 11) is 0. The van der Waals surface area contributed by atoms with Crippen LogP contribution in [0.1, 0.15) is 26.3 Å². The van der Waals surface area contributed by atoms with Crippen molar-refractivity contribution in [2.75, 3.05) is 5.06 Å². The Morgan fingerprint density at radius 2 is 1.75 bits per heavy atom. The molecule has 3 nitrogen and oxygen atoms in total. The molecule has 0 aromatic carbocycles. The number of aromatic nitrogens is 1. The highest BCUT2D eigenvalue weighted by molar-refractivity contribution is 5.38. The number of hydroxylamine groups is 1. The summed E-state index contributed by atoms with van der Waals surface area (Å²) in [6, 6.07) is 1.92. The summed E-state index contributed by atoms with van der Waals surface area (Å²) in [6.07, 6.45) is -3.77. The summed E-state index contributed by atoms with van der Waals surface area (Å²) in [5, 5.41) is 12.2. The Balaban J connectivity index is 2.96. The third-order valence-corrected chi connectivity index (χ3v) is 1.89. The summed E-state index contributed by atoms with van der Waals surface area (Å²) >= 11 is 0. The quantitative estimate of drug-likeness (QED) is 0.699. The normalized spacial score (nSPS) is 12.7. The third-order valence-electron chi connectivity index (χ3n) is 1.89. The van der Waals surface area contributed by atoms with Crippen LogP contribution in [-0.2, 0) is 11.4 Å². The Kier molecular flexibility index (Phi) is 3.14. The number of hydrogen-bond acceptors (Lipinski definition) is 2. The van der Waals surface area contributed by atoms with Gasteiger partial charge < -0.3 is 0 Å². The Bertz CT molecular complexity index is 354. The van der Waals surface area contributed by atoms with E-state index in [4.69, 9.17) is 0 Å². The van der Waals surface area contributed by atoms with E-state index in [1.807, 2.05) is 0 Å². The maximum atomic E-state index is 12.2. The van der Waals surface area contributed by atoms with E-state index in [1.165, 1.54) is 0 Å². The molecule has 1 aromatic rings.